The summed E-state index contributed by atoms with van der Waals surface area (Å²) in [4.78, 5) is 0. The molecule has 112 valence electrons. The zero-order valence-corrected chi connectivity index (χ0v) is 13.3. The lowest BCUT2D eigenvalue weighted by Crippen LogP contribution is -2.38. The van der Waals surface area contributed by atoms with Crippen LogP contribution in [-0.2, 0) is 19.3 Å². The van der Waals surface area contributed by atoms with Gasteiger partial charge in [-0.15, -0.1) is 0 Å². The molecule has 0 aliphatic carbocycles. The molecule has 2 aromatic rings. The van der Waals surface area contributed by atoms with Crippen molar-refractivity contribution in [3.8, 4) is 0 Å². The van der Waals surface area contributed by atoms with E-state index in [1.165, 1.54) is 27.8 Å². The van der Waals surface area contributed by atoms with Crippen molar-refractivity contribution >= 4 is 0 Å². The molecule has 0 aliphatic heterocycles. The summed E-state index contributed by atoms with van der Waals surface area (Å²) in [5, 5.41) is 0. The van der Waals surface area contributed by atoms with Crippen molar-refractivity contribution in [1.29, 1.82) is 0 Å². The van der Waals surface area contributed by atoms with Crippen LogP contribution in [0.1, 0.15) is 34.7 Å². The number of hydrazine groups is 1. The van der Waals surface area contributed by atoms with Crippen molar-refractivity contribution in [3.63, 3.8) is 0 Å². The maximum Gasteiger partial charge on any atom is 0.0291 e. The molecule has 0 aliphatic rings. The average molecular weight is 282 g/mol. The zero-order chi connectivity index (χ0) is 15.2. The Morgan fingerprint density at radius 1 is 0.952 bits per heavy atom. The van der Waals surface area contributed by atoms with Crippen LogP contribution in [0.2, 0.25) is 0 Å². The highest BCUT2D eigenvalue weighted by atomic mass is 15.2. The van der Waals surface area contributed by atoms with Crippen LogP contribution < -0.4 is 11.3 Å². The molecule has 0 amide bonds. The Hall–Kier alpha value is -1.64. The summed E-state index contributed by atoms with van der Waals surface area (Å²) in [7, 11) is 0. The number of nitrogens with one attached hydrogen (secondary N) is 1. The molecule has 0 heterocycles. The molecule has 0 saturated carbocycles. The van der Waals surface area contributed by atoms with E-state index in [0.717, 1.165) is 19.3 Å². The number of aryl methyl sites for hydroxylation is 3. The number of benzene rings is 2. The number of hydrogen-bond acceptors (Lipinski definition) is 2. The van der Waals surface area contributed by atoms with E-state index in [1.54, 1.807) is 0 Å². The van der Waals surface area contributed by atoms with Crippen molar-refractivity contribution < 1.29 is 0 Å². The topological polar surface area (TPSA) is 38.0 Å². The zero-order valence-electron chi connectivity index (χ0n) is 13.3. The number of nitrogens with two attached hydrogens (primary N) is 1. The monoisotopic (exact) mass is 282 g/mol. The van der Waals surface area contributed by atoms with Crippen LogP contribution in [0.15, 0.2) is 42.5 Å². The largest absolute Gasteiger partial charge is 0.271 e. The van der Waals surface area contributed by atoms with Gasteiger partial charge in [0.15, 0.2) is 0 Å². The highest BCUT2D eigenvalue weighted by Gasteiger charge is 2.10. The maximum absolute atomic E-state index is 5.76. The lowest BCUT2D eigenvalue weighted by Gasteiger charge is -2.18. The highest BCUT2D eigenvalue weighted by Crippen LogP contribution is 2.15. The third-order valence-corrected chi connectivity index (χ3v) is 4.12. The molecule has 2 heteroatoms. The van der Waals surface area contributed by atoms with Gasteiger partial charge in [0.1, 0.15) is 0 Å². The minimum absolute atomic E-state index is 0.262. The van der Waals surface area contributed by atoms with Crippen LogP contribution in [0.5, 0.6) is 0 Å². The fourth-order valence-electron chi connectivity index (χ4n) is 2.67. The second kappa shape index (κ2) is 7.39. The number of hydrogen-bond donors (Lipinski definition) is 2. The molecule has 1 atom stereocenters. The van der Waals surface area contributed by atoms with E-state index in [2.05, 4.69) is 68.7 Å². The Morgan fingerprint density at radius 3 is 2.24 bits per heavy atom. The second-order valence-electron chi connectivity index (χ2n) is 5.87. The first-order chi connectivity index (χ1) is 10.1. The van der Waals surface area contributed by atoms with Crippen molar-refractivity contribution in [2.75, 3.05) is 0 Å². The normalized spacial score (nSPS) is 12.4. The van der Waals surface area contributed by atoms with Crippen LogP contribution in [0.3, 0.4) is 0 Å². The Bertz CT molecular complexity index is 573. The second-order valence-corrected chi connectivity index (χ2v) is 5.87. The van der Waals surface area contributed by atoms with Gasteiger partial charge in [0.25, 0.3) is 0 Å². The predicted molar refractivity (Wildman–Crippen MR) is 90.3 cm³/mol. The van der Waals surface area contributed by atoms with Crippen LogP contribution in [0.4, 0.5) is 0 Å². The first-order valence-electron chi connectivity index (χ1n) is 7.72. The van der Waals surface area contributed by atoms with Crippen molar-refractivity contribution in [1.82, 2.24) is 5.43 Å². The molecule has 2 aromatic carbocycles. The van der Waals surface area contributed by atoms with Crippen molar-refractivity contribution in [2.45, 2.75) is 46.1 Å². The molecule has 2 rings (SSSR count). The van der Waals surface area contributed by atoms with Crippen molar-refractivity contribution in [3.05, 3.63) is 70.3 Å². The van der Waals surface area contributed by atoms with Gasteiger partial charge in [0, 0.05) is 6.04 Å². The summed E-state index contributed by atoms with van der Waals surface area (Å²) in [6, 6.07) is 15.7. The van der Waals surface area contributed by atoms with E-state index in [9.17, 15) is 0 Å². The fourth-order valence-corrected chi connectivity index (χ4v) is 2.67. The van der Waals surface area contributed by atoms with Gasteiger partial charge in [0.2, 0.25) is 0 Å². The molecule has 2 nitrogen and oxygen atoms in total. The van der Waals surface area contributed by atoms with Gasteiger partial charge in [-0.1, -0.05) is 55.0 Å². The number of rotatable bonds is 6. The Balaban J connectivity index is 2.07. The molecule has 21 heavy (non-hydrogen) atoms. The van der Waals surface area contributed by atoms with E-state index < -0.39 is 0 Å². The van der Waals surface area contributed by atoms with Crippen LogP contribution in [0.25, 0.3) is 0 Å². The van der Waals surface area contributed by atoms with E-state index in [-0.39, 0.29) is 6.04 Å². The molecule has 0 spiro atoms. The van der Waals surface area contributed by atoms with E-state index >= 15 is 0 Å². The quantitative estimate of drug-likeness (QED) is 0.629. The molecule has 0 saturated heterocycles. The summed E-state index contributed by atoms with van der Waals surface area (Å²) in [6.45, 7) is 6.48. The first kappa shape index (κ1) is 15.7. The van der Waals surface area contributed by atoms with Crippen LogP contribution in [-0.4, -0.2) is 6.04 Å². The minimum atomic E-state index is 0.262. The molecular weight excluding hydrogens is 256 g/mol. The molecule has 1 unspecified atom stereocenters. The maximum atomic E-state index is 5.76. The standard InChI is InChI=1S/C19H26N2/c1-4-16-7-9-17(10-8-16)12-19(21-20)13-18-11-14(2)5-6-15(18)3/h5-11,19,21H,4,12-13,20H2,1-3H3. The molecule has 0 fully saturated rings. The molecular formula is C19H26N2. The van der Waals surface area contributed by atoms with Gasteiger partial charge in [-0.25, -0.2) is 0 Å². The van der Waals surface area contributed by atoms with Crippen molar-refractivity contribution in [2.24, 2.45) is 5.84 Å². The first-order valence-corrected chi connectivity index (χ1v) is 7.72. The summed E-state index contributed by atoms with van der Waals surface area (Å²) in [5.41, 5.74) is 9.71. The molecule has 0 radical (unpaired) electrons. The highest BCUT2D eigenvalue weighted by molar-refractivity contribution is 5.31. The van der Waals surface area contributed by atoms with Gasteiger partial charge >= 0.3 is 0 Å². The van der Waals surface area contributed by atoms with E-state index in [4.69, 9.17) is 5.84 Å². The van der Waals surface area contributed by atoms with Gasteiger partial charge in [-0.05, 0) is 55.4 Å². The lowest BCUT2D eigenvalue weighted by atomic mass is 9.95. The minimum Gasteiger partial charge on any atom is -0.271 e. The smallest absolute Gasteiger partial charge is 0.0291 e. The Kier molecular flexibility index (Phi) is 5.54. The summed E-state index contributed by atoms with van der Waals surface area (Å²) >= 11 is 0. The lowest BCUT2D eigenvalue weighted by molar-refractivity contribution is 0.521. The van der Waals surface area contributed by atoms with Crippen LogP contribution >= 0.6 is 0 Å². The molecule has 0 aromatic heterocycles. The van der Waals surface area contributed by atoms with E-state index in [0.29, 0.717) is 0 Å². The van der Waals surface area contributed by atoms with Gasteiger partial charge in [-0.3, -0.25) is 11.3 Å². The molecule has 3 N–H and O–H groups in total. The third kappa shape index (κ3) is 4.42. The third-order valence-electron chi connectivity index (χ3n) is 4.12. The Morgan fingerprint density at radius 2 is 1.62 bits per heavy atom. The fraction of sp³-hybridized carbons (Fsp3) is 0.368. The Labute approximate surface area is 128 Å². The van der Waals surface area contributed by atoms with E-state index in [1.807, 2.05) is 0 Å². The summed E-state index contributed by atoms with van der Waals surface area (Å²) in [6.07, 6.45) is 2.99. The van der Waals surface area contributed by atoms with Gasteiger partial charge in [-0.2, -0.15) is 0 Å². The van der Waals surface area contributed by atoms with Gasteiger partial charge in [0.05, 0.1) is 0 Å². The average Bonchev–Trinajstić information content (AvgIpc) is 2.51. The predicted octanol–water partition coefficient (Wildman–Crippen LogP) is 3.48. The molecule has 0 bridgehead atoms. The summed E-state index contributed by atoms with van der Waals surface area (Å²) < 4.78 is 0. The van der Waals surface area contributed by atoms with Gasteiger partial charge < -0.3 is 0 Å². The SMILES string of the molecule is CCc1ccc(CC(Cc2cc(C)ccc2C)NN)cc1. The van der Waals surface area contributed by atoms with Crippen LogP contribution in [0, 0.1) is 13.8 Å². The summed E-state index contributed by atoms with van der Waals surface area (Å²) in [5.74, 6) is 5.76.